The van der Waals surface area contributed by atoms with Crippen LogP contribution < -0.4 is 0 Å². The van der Waals surface area contributed by atoms with Gasteiger partial charge in [0.15, 0.2) is 0 Å². The van der Waals surface area contributed by atoms with Gasteiger partial charge in [0, 0.05) is 24.8 Å². The molecule has 0 spiro atoms. The van der Waals surface area contributed by atoms with Crippen LogP contribution in [-0.4, -0.2) is 19.9 Å². The molecule has 1 aromatic carbocycles. The fourth-order valence-electron chi connectivity index (χ4n) is 1.42. The van der Waals surface area contributed by atoms with Gasteiger partial charge in [-0.25, -0.2) is 4.98 Å². The SMILES string of the molecule is C/C=C\C.Cc1cnc2ccccc2n1.Cc1cnccn1. The van der Waals surface area contributed by atoms with Crippen LogP contribution in [0.1, 0.15) is 25.2 Å². The predicted molar refractivity (Wildman–Crippen MR) is 91.5 cm³/mol. The first-order chi connectivity index (χ1) is 10.7. The van der Waals surface area contributed by atoms with Crippen LogP contribution in [0.5, 0.6) is 0 Å². The summed E-state index contributed by atoms with van der Waals surface area (Å²) >= 11 is 0. The highest BCUT2D eigenvalue weighted by Gasteiger charge is 1.92. The number of hydrogen-bond acceptors (Lipinski definition) is 4. The number of hydrogen-bond donors (Lipinski definition) is 0. The van der Waals surface area contributed by atoms with E-state index >= 15 is 0 Å². The van der Waals surface area contributed by atoms with E-state index in [0.717, 1.165) is 22.4 Å². The number of para-hydroxylation sites is 2. The fraction of sp³-hybridized carbons (Fsp3) is 0.222. The Hall–Kier alpha value is -2.62. The first-order valence-corrected chi connectivity index (χ1v) is 7.15. The lowest BCUT2D eigenvalue weighted by Gasteiger charge is -1.95. The van der Waals surface area contributed by atoms with Crippen molar-refractivity contribution in [2.24, 2.45) is 0 Å². The number of allylic oxidation sites excluding steroid dienone is 2. The minimum absolute atomic E-state index is 0.957. The molecule has 0 saturated carbocycles. The van der Waals surface area contributed by atoms with E-state index in [2.05, 4.69) is 19.9 Å². The van der Waals surface area contributed by atoms with Crippen molar-refractivity contribution in [3.05, 3.63) is 72.6 Å². The molecule has 0 radical (unpaired) electrons. The highest BCUT2D eigenvalue weighted by Crippen LogP contribution is 2.06. The molecule has 0 aliphatic heterocycles. The molecule has 4 heteroatoms. The molecule has 0 saturated heterocycles. The van der Waals surface area contributed by atoms with Crippen molar-refractivity contribution >= 4 is 11.0 Å². The Morgan fingerprint density at radius 2 is 1.45 bits per heavy atom. The largest absolute Gasteiger partial charge is 0.261 e. The van der Waals surface area contributed by atoms with Crippen LogP contribution in [0.4, 0.5) is 0 Å². The van der Waals surface area contributed by atoms with Crippen molar-refractivity contribution < 1.29 is 0 Å². The molecule has 0 unspecified atom stereocenters. The van der Waals surface area contributed by atoms with Crippen LogP contribution in [0.3, 0.4) is 0 Å². The van der Waals surface area contributed by atoms with E-state index in [4.69, 9.17) is 0 Å². The van der Waals surface area contributed by atoms with E-state index in [9.17, 15) is 0 Å². The maximum Gasteiger partial charge on any atom is 0.0889 e. The topological polar surface area (TPSA) is 51.6 Å². The molecule has 3 aromatic rings. The summed E-state index contributed by atoms with van der Waals surface area (Å²) < 4.78 is 0. The van der Waals surface area contributed by atoms with Crippen LogP contribution >= 0.6 is 0 Å². The summed E-state index contributed by atoms with van der Waals surface area (Å²) in [5, 5.41) is 0. The molecule has 0 amide bonds. The number of fused-ring (bicyclic) bond motifs is 1. The standard InChI is InChI=1S/C9H8N2.C5H6N2.C4H8/c1-7-6-10-8-4-2-3-5-9(8)11-7;1-5-4-6-2-3-7-5;1-3-4-2/h2-6H,1H3;2-4H,1H3;3-4H,1-2H3/b;;4-3-. The first-order valence-electron chi connectivity index (χ1n) is 7.15. The van der Waals surface area contributed by atoms with Gasteiger partial charge in [0.2, 0.25) is 0 Å². The third-order valence-corrected chi connectivity index (χ3v) is 2.59. The Bertz CT molecular complexity index is 690. The number of rotatable bonds is 0. The van der Waals surface area contributed by atoms with Crippen LogP contribution in [0.2, 0.25) is 0 Å². The van der Waals surface area contributed by atoms with Crippen LogP contribution in [-0.2, 0) is 0 Å². The summed E-state index contributed by atoms with van der Waals surface area (Å²) in [4.78, 5) is 16.3. The zero-order valence-corrected chi connectivity index (χ0v) is 13.6. The summed E-state index contributed by atoms with van der Waals surface area (Å²) in [5.74, 6) is 0. The third kappa shape index (κ3) is 6.70. The lowest BCUT2D eigenvalue weighted by molar-refractivity contribution is 1.12. The van der Waals surface area contributed by atoms with Gasteiger partial charge in [-0.15, -0.1) is 0 Å². The number of aromatic nitrogens is 4. The maximum absolute atomic E-state index is 4.31. The quantitative estimate of drug-likeness (QED) is 0.580. The number of benzene rings is 1. The summed E-state index contributed by atoms with van der Waals surface area (Å²) in [7, 11) is 0. The average molecular weight is 294 g/mol. The molecule has 114 valence electrons. The minimum atomic E-state index is 0.957. The molecule has 3 rings (SSSR count). The second-order valence-corrected chi connectivity index (χ2v) is 4.51. The molecule has 22 heavy (non-hydrogen) atoms. The van der Waals surface area contributed by atoms with Gasteiger partial charge >= 0.3 is 0 Å². The van der Waals surface area contributed by atoms with Gasteiger partial charge in [0.05, 0.1) is 22.4 Å². The highest BCUT2D eigenvalue weighted by molar-refractivity contribution is 5.73. The summed E-state index contributed by atoms with van der Waals surface area (Å²) in [6.45, 7) is 7.85. The Balaban J connectivity index is 0.000000190. The third-order valence-electron chi connectivity index (χ3n) is 2.59. The van der Waals surface area contributed by atoms with E-state index < -0.39 is 0 Å². The molecule has 0 aliphatic carbocycles. The summed E-state index contributed by atoms with van der Waals surface area (Å²) in [6.07, 6.45) is 10.8. The number of nitrogens with zero attached hydrogens (tertiary/aromatic N) is 4. The normalized spacial score (nSPS) is 9.64. The van der Waals surface area contributed by atoms with E-state index in [1.54, 1.807) is 24.8 Å². The Morgan fingerprint density at radius 1 is 0.773 bits per heavy atom. The average Bonchev–Trinajstić information content (AvgIpc) is 2.56. The van der Waals surface area contributed by atoms with E-state index in [1.165, 1.54) is 0 Å². The van der Waals surface area contributed by atoms with Crippen LogP contribution in [0, 0.1) is 13.8 Å². The Labute approximate surface area is 132 Å². The molecule has 0 fully saturated rings. The molecule has 0 N–H and O–H groups in total. The summed E-state index contributed by atoms with van der Waals surface area (Å²) in [5.41, 5.74) is 3.84. The lowest BCUT2D eigenvalue weighted by atomic mass is 10.3. The van der Waals surface area contributed by atoms with Crippen molar-refractivity contribution in [2.45, 2.75) is 27.7 Å². The van der Waals surface area contributed by atoms with Gasteiger partial charge in [-0.2, -0.15) is 0 Å². The molecular weight excluding hydrogens is 272 g/mol. The van der Waals surface area contributed by atoms with Crippen molar-refractivity contribution in [2.75, 3.05) is 0 Å². The van der Waals surface area contributed by atoms with Gasteiger partial charge in [-0.05, 0) is 39.8 Å². The van der Waals surface area contributed by atoms with Gasteiger partial charge in [-0.3, -0.25) is 15.0 Å². The van der Waals surface area contributed by atoms with Crippen molar-refractivity contribution in [1.29, 1.82) is 0 Å². The van der Waals surface area contributed by atoms with Crippen molar-refractivity contribution in [1.82, 2.24) is 19.9 Å². The van der Waals surface area contributed by atoms with Gasteiger partial charge in [0.1, 0.15) is 0 Å². The second-order valence-electron chi connectivity index (χ2n) is 4.51. The lowest BCUT2D eigenvalue weighted by Crippen LogP contribution is -1.85. The van der Waals surface area contributed by atoms with Crippen LogP contribution in [0.25, 0.3) is 11.0 Å². The minimum Gasteiger partial charge on any atom is -0.261 e. The van der Waals surface area contributed by atoms with E-state index in [-0.39, 0.29) is 0 Å². The fourth-order valence-corrected chi connectivity index (χ4v) is 1.42. The molecule has 2 aromatic heterocycles. The molecule has 0 bridgehead atoms. The van der Waals surface area contributed by atoms with E-state index in [0.29, 0.717) is 0 Å². The first kappa shape index (κ1) is 17.4. The predicted octanol–water partition coefficient (Wildman–Crippen LogP) is 4.31. The molecule has 4 nitrogen and oxygen atoms in total. The van der Waals surface area contributed by atoms with Crippen LogP contribution in [0.15, 0.2) is 61.2 Å². The zero-order valence-electron chi connectivity index (χ0n) is 13.6. The molecule has 0 aliphatic rings. The Kier molecular flexibility index (Phi) is 8.05. The monoisotopic (exact) mass is 294 g/mol. The second kappa shape index (κ2) is 10.2. The number of aryl methyl sites for hydroxylation is 2. The summed E-state index contributed by atoms with van der Waals surface area (Å²) in [6, 6.07) is 7.86. The van der Waals surface area contributed by atoms with Crippen molar-refractivity contribution in [3.8, 4) is 0 Å². The highest BCUT2D eigenvalue weighted by atomic mass is 14.8. The van der Waals surface area contributed by atoms with Gasteiger partial charge < -0.3 is 0 Å². The van der Waals surface area contributed by atoms with Gasteiger partial charge in [-0.1, -0.05) is 24.3 Å². The molecule has 0 atom stereocenters. The Morgan fingerprint density at radius 3 is 1.95 bits per heavy atom. The smallest absolute Gasteiger partial charge is 0.0889 e. The maximum atomic E-state index is 4.31. The van der Waals surface area contributed by atoms with E-state index in [1.807, 2.05) is 64.1 Å². The zero-order chi connectivity index (χ0) is 16.2. The molecular formula is C18H22N4. The van der Waals surface area contributed by atoms with Crippen molar-refractivity contribution in [3.63, 3.8) is 0 Å². The molecule has 2 heterocycles. The van der Waals surface area contributed by atoms with Gasteiger partial charge in [0.25, 0.3) is 0 Å².